The van der Waals surface area contributed by atoms with Crippen LogP contribution in [0.25, 0.3) is 0 Å². The van der Waals surface area contributed by atoms with Crippen molar-refractivity contribution in [3.8, 4) is 6.07 Å². The summed E-state index contributed by atoms with van der Waals surface area (Å²) >= 11 is 0. The van der Waals surface area contributed by atoms with Gasteiger partial charge in [-0.3, -0.25) is 15.2 Å². The third-order valence-electron chi connectivity index (χ3n) is 2.08. The maximum atomic E-state index is 10.8. The molecule has 2 aromatic rings. The van der Waals surface area contributed by atoms with Crippen molar-refractivity contribution in [2.24, 2.45) is 0 Å². The molecule has 0 aromatic carbocycles. The summed E-state index contributed by atoms with van der Waals surface area (Å²) in [5.74, 6) is 0.603. The van der Waals surface area contributed by atoms with E-state index in [4.69, 9.17) is 5.26 Å². The third-order valence-corrected chi connectivity index (χ3v) is 2.08. The molecule has 0 bridgehead atoms. The van der Waals surface area contributed by atoms with Crippen molar-refractivity contribution in [1.29, 1.82) is 5.26 Å². The van der Waals surface area contributed by atoms with Crippen molar-refractivity contribution >= 4 is 11.5 Å². The molecule has 90 valence electrons. The van der Waals surface area contributed by atoms with Crippen LogP contribution in [-0.4, -0.2) is 25.1 Å². The van der Waals surface area contributed by atoms with Gasteiger partial charge in [0.15, 0.2) is 0 Å². The largest absolute Gasteiger partial charge is 0.357 e. The predicted octanol–water partition coefficient (Wildman–Crippen LogP) is 0.592. The van der Waals surface area contributed by atoms with E-state index in [0.717, 1.165) is 6.07 Å². The minimum Gasteiger partial charge on any atom is -0.357 e. The van der Waals surface area contributed by atoms with Gasteiger partial charge in [0, 0.05) is 12.3 Å². The average molecular weight is 245 g/mol. The number of nitro groups is 1. The highest BCUT2D eigenvalue weighted by Gasteiger charge is 2.16. The summed E-state index contributed by atoms with van der Waals surface area (Å²) < 4.78 is 0. The van der Waals surface area contributed by atoms with Gasteiger partial charge in [-0.2, -0.15) is 10.4 Å². The number of hydrogen-bond donors (Lipinski definition) is 2. The molecule has 0 aliphatic rings. The molecule has 0 atom stereocenters. The number of rotatable bonds is 4. The summed E-state index contributed by atoms with van der Waals surface area (Å²) in [4.78, 5) is 17.9. The van der Waals surface area contributed by atoms with Gasteiger partial charge in [-0.1, -0.05) is 0 Å². The zero-order chi connectivity index (χ0) is 13.0. The quantitative estimate of drug-likeness (QED) is 0.594. The highest BCUT2D eigenvalue weighted by atomic mass is 16.6. The summed E-state index contributed by atoms with van der Waals surface area (Å²) in [7, 11) is 0. The fraction of sp³-hybridized carbons (Fsp3) is 0.111. The fourth-order valence-corrected chi connectivity index (χ4v) is 1.27. The van der Waals surface area contributed by atoms with Crippen molar-refractivity contribution in [2.75, 3.05) is 5.32 Å². The zero-order valence-electron chi connectivity index (χ0n) is 8.99. The first-order valence-electron chi connectivity index (χ1n) is 4.83. The van der Waals surface area contributed by atoms with Crippen molar-refractivity contribution in [3.05, 3.63) is 40.1 Å². The maximum Gasteiger partial charge on any atom is 0.312 e. The standard InChI is InChI=1S/C9H7N7O2/c10-2-6-1-7(16(17)18)9(11-3-6)12-4-8-13-5-14-15-8/h1,3,5H,4H2,(H,11,12)(H,13,14,15). The molecule has 0 aliphatic heterocycles. The Morgan fingerprint density at radius 1 is 1.56 bits per heavy atom. The molecule has 0 aliphatic carbocycles. The van der Waals surface area contributed by atoms with Crippen LogP contribution in [0.1, 0.15) is 11.4 Å². The highest BCUT2D eigenvalue weighted by Crippen LogP contribution is 2.22. The Morgan fingerprint density at radius 2 is 2.39 bits per heavy atom. The van der Waals surface area contributed by atoms with E-state index in [-0.39, 0.29) is 23.6 Å². The number of H-pyrrole nitrogens is 1. The third kappa shape index (κ3) is 2.38. The van der Waals surface area contributed by atoms with Gasteiger partial charge < -0.3 is 5.32 Å². The van der Waals surface area contributed by atoms with Crippen molar-refractivity contribution < 1.29 is 4.92 Å². The predicted molar refractivity (Wildman–Crippen MR) is 59.3 cm³/mol. The number of anilines is 1. The Labute approximate surface area is 101 Å². The lowest BCUT2D eigenvalue weighted by molar-refractivity contribution is -0.384. The molecule has 2 N–H and O–H groups in total. The number of hydrogen-bond acceptors (Lipinski definition) is 7. The Kier molecular flexibility index (Phi) is 3.11. The van der Waals surface area contributed by atoms with Crippen LogP contribution >= 0.6 is 0 Å². The molecule has 2 aromatic heterocycles. The maximum absolute atomic E-state index is 10.8. The van der Waals surface area contributed by atoms with Crippen LogP contribution in [0.5, 0.6) is 0 Å². The first-order valence-corrected chi connectivity index (χ1v) is 4.83. The molecule has 2 rings (SSSR count). The van der Waals surface area contributed by atoms with Gasteiger partial charge >= 0.3 is 5.69 Å². The molecule has 0 saturated carbocycles. The summed E-state index contributed by atoms with van der Waals surface area (Å²) in [5, 5.41) is 28.5. The molecule has 0 spiro atoms. The van der Waals surface area contributed by atoms with Gasteiger partial charge in [-0.15, -0.1) is 0 Å². The number of nitriles is 1. The number of pyridine rings is 1. The van der Waals surface area contributed by atoms with Crippen molar-refractivity contribution in [2.45, 2.75) is 6.54 Å². The molecule has 0 unspecified atom stereocenters. The summed E-state index contributed by atoms with van der Waals surface area (Å²) in [5.41, 5.74) is -0.125. The molecule has 9 heteroatoms. The normalized spacial score (nSPS) is 9.72. The molecule has 0 fully saturated rings. The lowest BCUT2D eigenvalue weighted by Crippen LogP contribution is -2.06. The van der Waals surface area contributed by atoms with Crippen LogP contribution in [0.4, 0.5) is 11.5 Å². The van der Waals surface area contributed by atoms with Crippen LogP contribution in [-0.2, 0) is 6.54 Å². The van der Waals surface area contributed by atoms with Crippen molar-refractivity contribution in [1.82, 2.24) is 20.2 Å². The Hall–Kier alpha value is -3.02. The van der Waals surface area contributed by atoms with E-state index in [0.29, 0.717) is 5.82 Å². The van der Waals surface area contributed by atoms with Crippen LogP contribution in [0.3, 0.4) is 0 Å². The number of aromatic amines is 1. The fourth-order valence-electron chi connectivity index (χ4n) is 1.27. The van der Waals surface area contributed by atoms with Gasteiger partial charge in [0.25, 0.3) is 0 Å². The topological polar surface area (TPSA) is 133 Å². The van der Waals surface area contributed by atoms with E-state index in [1.54, 1.807) is 6.07 Å². The smallest absolute Gasteiger partial charge is 0.312 e. The van der Waals surface area contributed by atoms with Gasteiger partial charge in [0.2, 0.25) is 5.82 Å². The zero-order valence-corrected chi connectivity index (χ0v) is 8.99. The minimum atomic E-state index is -0.601. The lowest BCUT2D eigenvalue weighted by Gasteiger charge is -2.03. The average Bonchev–Trinajstić information content (AvgIpc) is 2.89. The first kappa shape index (κ1) is 11.5. The number of aromatic nitrogens is 4. The second kappa shape index (κ2) is 4.88. The monoisotopic (exact) mass is 245 g/mol. The molecule has 0 saturated heterocycles. The Balaban J connectivity index is 2.22. The lowest BCUT2D eigenvalue weighted by atomic mass is 10.3. The molecule has 0 amide bonds. The summed E-state index contributed by atoms with van der Waals surface area (Å²) in [6.45, 7) is 0.222. The summed E-state index contributed by atoms with van der Waals surface area (Å²) in [6, 6.07) is 2.96. The van der Waals surface area contributed by atoms with E-state index >= 15 is 0 Å². The number of nitrogens with one attached hydrogen (secondary N) is 2. The van der Waals surface area contributed by atoms with Gasteiger partial charge in [0.05, 0.1) is 17.0 Å². The first-order chi connectivity index (χ1) is 8.70. The Bertz CT molecular complexity index is 602. The minimum absolute atomic E-state index is 0.0791. The number of nitrogens with zero attached hydrogens (tertiary/aromatic N) is 5. The van der Waals surface area contributed by atoms with Crippen LogP contribution in [0.15, 0.2) is 18.6 Å². The van der Waals surface area contributed by atoms with E-state index < -0.39 is 4.92 Å². The van der Waals surface area contributed by atoms with Gasteiger partial charge in [-0.25, -0.2) is 9.97 Å². The summed E-state index contributed by atoms with van der Waals surface area (Å²) in [6.07, 6.45) is 2.59. The molecule has 2 heterocycles. The second-order valence-electron chi connectivity index (χ2n) is 3.25. The molecule has 0 radical (unpaired) electrons. The van der Waals surface area contributed by atoms with E-state index in [1.165, 1.54) is 12.5 Å². The van der Waals surface area contributed by atoms with Gasteiger partial charge in [-0.05, 0) is 0 Å². The second-order valence-corrected chi connectivity index (χ2v) is 3.25. The highest BCUT2D eigenvalue weighted by molar-refractivity contribution is 5.58. The molecular formula is C9H7N7O2. The van der Waals surface area contributed by atoms with Crippen LogP contribution in [0, 0.1) is 21.4 Å². The van der Waals surface area contributed by atoms with E-state index in [2.05, 4.69) is 25.5 Å². The SMILES string of the molecule is N#Cc1cnc(NCc2ncn[nH]2)c([N+](=O)[O-])c1. The van der Waals surface area contributed by atoms with E-state index in [9.17, 15) is 10.1 Å². The molecule has 18 heavy (non-hydrogen) atoms. The Morgan fingerprint density at radius 3 is 3.00 bits per heavy atom. The molecule has 9 nitrogen and oxygen atoms in total. The van der Waals surface area contributed by atoms with Gasteiger partial charge in [0.1, 0.15) is 18.2 Å². The van der Waals surface area contributed by atoms with Crippen molar-refractivity contribution in [3.63, 3.8) is 0 Å². The molecular weight excluding hydrogens is 238 g/mol. The van der Waals surface area contributed by atoms with E-state index in [1.807, 2.05) is 0 Å². The van der Waals surface area contributed by atoms with Crippen LogP contribution in [0.2, 0.25) is 0 Å². The van der Waals surface area contributed by atoms with Crippen LogP contribution < -0.4 is 5.32 Å².